The van der Waals surface area contributed by atoms with Gasteiger partial charge in [-0.1, -0.05) is 31.2 Å². The van der Waals surface area contributed by atoms with Gasteiger partial charge in [0, 0.05) is 11.6 Å². The van der Waals surface area contributed by atoms with E-state index in [1.54, 1.807) is 6.92 Å². The van der Waals surface area contributed by atoms with Crippen LogP contribution in [0.5, 0.6) is 0 Å². The molecule has 0 spiro atoms. The third kappa shape index (κ3) is 3.71. The maximum atomic E-state index is 9.50. The summed E-state index contributed by atoms with van der Waals surface area (Å²) in [5.74, 6) is 1.81. The Bertz CT molecular complexity index is 528. The van der Waals surface area contributed by atoms with Crippen LogP contribution in [0.4, 0.5) is 0 Å². The summed E-state index contributed by atoms with van der Waals surface area (Å²) >= 11 is 0. The second-order valence-corrected chi connectivity index (χ2v) is 5.25. The van der Waals surface area contributed by atoms with Crippen molar-refractivity contribution >= 4 is 0 Å². The van der Waals surface area contributed by atoms with Gasteiger partial charge in [-0.05, 0) is 38.0 Å². The normalized spacial score (nSPS) is 14.2. The molecule has 0 saturated heterocycles. The first-order valence-corrected chi connectivity index (χ1v) is 7.20. The van der Waals surface area contributed by atoms with Crippen LogP contribution >= 0.6 is 0 Å². The molecule has 0 unspecified atom stereocenters. The highest BCUT2D eigenvalue weighted by Gasteiger charge is 2.07. The fraction of sp³-hybridized carbons (Fsp3) is 0.412. The van der Waals surface area contributed by atoms with Crippen molar-refractivity contribution in [3.05, 3.63) is 47.7 Å². The molecule has 0 aliphatic rings. The highest BCUT2D eigenvalue weighted by atomic mass is 16.3. The molecular formula is C17H23NO2. The zero-order chi connectivity index (χ0) is 14.5. The molecule has 2 aromatic rings. The van der Waals surface area contributed by atoms with Gasteiger partial charge in [0.15, 0.2) is 0 Å². The zero-order valence-corrected chi connectivity index (χ0v) is 12.4. The van der Waals surface area contributed by atoms with Crippen molar-refractivity contribution in [3.63, 3.8) is 0 Å². The van der Waals surface area contributed by atoms with Gasteiger partial charge < -0.3 is 14.8 Å². The molecule has 0 saturated carbocycles. The first kappa shape index (κ1) is 14.8. The van der Waals surface area contributed by atoms with E-state index in [0.29, 0.717) is 6.04 Å². The van der Waals surface area contributed by atoms with Crippen LogP contribution in [0.25, 0.3) is 11.3 Å². The average Bonchev–Trinajstić information content (AvgIpc) is 2.93. The number of aliphatic hydroxyl groups excluding tert-OH is 1. The number of nitrogens with one attached hydrogen (secondary N) is 1. The smallest absolute Gasteiger partial charge is 0.134 e. The summed E-state index contributed by atoms with van der Waals surface area (Å²) in [6, 6.07) is 12.3. The summed E-state index contributed by atoms with van der Waals surface area (Å²) in [5, 5.41) is 12.9. The van der Waals surface area contributed by atoms with E-state index in [0.717, 1.165) is 35.6 Å². The Hall–Kier alpha value is -1.58. The molecule has 2 atom stereocenters. The number of aliphatic hydroxyl groups is 1. The van der Waals surface area contributed by atoms with Gasteiger partial charge in [-0.2, -0.15) is 0 Å². The standard InChI is InChI=1S/C17H23NO2/c1-4-12(2)18-11-16-9-10-17(20-16)15-7-5-14(6-8-15)13(3)19/h5-10,12-13,18-19H,4,11H2,1-3H3/t12-,13-/m0/s1. The lowest BCUT2D eigenvalue weighted by Gasteiger charge is -2.09. The number of rotatable bonds is 6. The maximum absolute atomic E-state index is 9.50. The SMILES string of the molecule is CC[C@H](C)NCc1ccc(-c2ccc([C@H](C)O)cc2)o1. The molecule has 0 fully saturated rings. The Kier molecular flexibility index (Phi) is 4.99. The van der Waals surface area contributed by atoms with E-state index in [9.17, 15) is 5.11 Å². The van der Waals surface area contributed by atoms with Crippen LogP contribution in [-0.4, -0.2) is 11.1 Å². The van der Waals surface area contributed by atoms with Gasteiger partial charge in [0.2, 0.25) is 0 Å². The van der Waals surface area contributed by atoms with Crippen molar-refractivity contribution in [2.75, 3.05) is 0 Å². The van der Waals surface area contributed by atoms with Gasteiger partial charge >= 0.3 is 0 Å². The van der Waals surface area contributed by atoms with Crippen molar-refractivity contribution in [2.45, 2.75) is 45.9 Å². The number of benzene rings is 1. The Morgan fingerprint density at radius 3 is 2.40 bits per heavy atom. The van der Waals surface area contributed by atoms with Crippen LogP contribution in [0.2, 0.25) is 0 Å². The molecule has 1 heterocycles. The summed E-state index contributed by atoms with van der Waals surface area (Å²) in [7, 11) is 0. The predicted octanol–water partition coefficient (Wildman–Crippen LogP) is 3.89. The second kappa shape index (κ2) is 6.73. The molecule has 0 amide bonds. The van der Waals surface area contributed by atoms with Crippen LogP contribution in [0.3, 0.4) is 0 Å². The number of hydrogen-bond acceptors (Lipinski definition) is 3. The van der Waals surface area contributed by atoms with Crippen molar-refractivity contribution in [1.29, 1.82) is 0 Å². The lowest BCUT2D eigenvalue weighted by molar-refractivity contribution is 0.199. The van der Waals surface area contributed by atoms with Crippen molar-refractivity contribution in [1.82, 2.24) is 5.32 Å². The molecular weight excluding hydrogens is 250 g/mol. The number of hydrogen-bond donors (Lipinski definition) is 2. The van der Waals surface area contributed by atoms with Crippen LogP contribution in [-0.2, 0) is 6.54 Å². The molecule has 0 aliphatic carbocycles. The first-order valence-electron chi connectivity index (χ1n) is 7.20. The summed E-state index contributed by atoms with van der Waals surface area (Å²) < 4.78 is 5.84. The van der Waals surface area contributed by atoms with Gasteiger partial charge in [-0.25, -0.2) is 0 Å². The van der Waals surface area contributed by atoms with E-state index in [1.165, 1.54) is 0 Å². The molecule has 20 heavy (non-hydrogen) atoms. The molecule has 1 aromatic carbocycles. The van der Waals surface area contributed by atoms with Crippen molar-refractivity contribution < 1.29 is 9.52 Å². The van der Waals surface area contributed by atoms with Gasteiger partial charge in [0.1, 0.15) is 11.5 Å². The Balaban J connectivity index is 2.04. The minimum Gasteiger partial charge on any atom is -0.460 e. The first-order chi connectivity index (χ1) is 9.60. The molecule has 0 radical (unpaired) electrons. The third-order valence-corrected chi connectivity index (χ3v) is 3.58. The Labute approximate surface area is 120 Å². The third-order valence-electron chi connectivity index (χ3n) is 3.58. The van der Waals surface area contributed by atoms with Gasteiger partial charge in [-0.3, -0.25) is 0 Å². The minimum atomic E-state index is -0.434. The summed E-state index contributed by atoms with van der Waals surface area (Å²) in [5.41, 5.74) is 1.95. The maximum Gasteiger partial charge on any atom is 0.134 e. The molecule has 2 N–H and O–H groups in total. The molecule has 0 aliphatic heterocycles. The predicted molar refractivity (Wildman–Crippen MR) is 81.4 cm³/mol. The van der Waals surface area contributed by atoms with E-state index >= 15 is 0 Å². The van der Waals surface area contributed by atoms with Gasteiger partial charge in [-0.15, -0.1) is 0 Å². The quantitative estimate of drug-likeness (QED) is 0.839. The van der Waals surface area contributed by atoms with Crippen LogP contribution in [0.1, 0.15) is 44.6 Å². The largest absolute Gasteiger partial charge is 0.460 e. The lowest BCUT2D eigenvalue weighted by Crippen LogP contribution is -2.24. The molecule has 108 valence electrons. The van der Waals surface area contributed by atoms with E-state index in [2.05, 4.69) is 19.2 Å². The summed E-state index contributed by atoms with van der Waals surface area (Å²) in [4.78, 5) is 0. The average molecular weight is 273 g/mol. The molecule has 0 bridgehead atoms. The van der Waals surface area contributed by atoms with E-state index in [4.69, 9.17) is 4.42 Å². The van der Waals surface area contributed by atoms with E-state index in [1.807, 2.05) is 36.4 Å². The number of furan rings is 1. The summed E-state index contributed by atoms with van der Waals surface area (Å²) in [6.07, 6.45) is 0.671. The van der Waals surface area contributed by atoms with Crippen molar-refractivity contribution in [2.24, 2.45) is 0 Å². The highest BCUT2D eigenvalue weighted by molar-refractivity contribution is 5.58. The van der Waals surface area contributed by atoms with Crippen molar-refractivity contribution in [3.8, 4) is 11.3 Å². The topological polar surface area (TPSA) is 45.4 Å². The van der Waals surface area contributed by atoms with Gasteiger partial charge in [0.25, 0.3) is 0 Å². The molecule has 3 heteroatoms. The summed E-state index contributed by atoms with van der Waals surface area (Å²) in [6.45, 7) is 6.84. The monoisotopic (exact) mass is 273 g/mol. The molecule has 3 nitrogen and oxygen atoms in total. The lowest BCUT2D eigenvalue weighted by atomic mass is 10.1. The zero-order valence-electron chi connectivity index (χ0n) is 12.4. The Morgan fingerprint density at radius 2 is 1.80 bits per heavy atom. The van der Waals surface area contributed by atoms with Gasteiger partial charge in [0.05, 0.1) is 12.6 Å². The second-order valence-electron chi connectivity index (χ2n) is 5.25. The fourth-order valence-electron chi connectivity index (χ4n) is 1.97. The molecule has 2 rings (SSSR count). The fourth-order valence-corrected chi connectivity index (χ4v) is 1.97. The Morgan fingerprint density at radius 1 is 1.10 bits per heavy atom. The van der Waals surface area contributed by atoms with Crippen LogP contribution in [0, 0.1) is 0 Å². The molecule has 1 aromatic heterocycles. The highest BCUT2D eigenvalue weighted by Crippen LogP contribution is 2.24. The van der Waals surface area contributed by atoms with Crippen LogP contribution in [0.15, 0.2) is 40.8 Å². The minimum absolute atomic E-state index is 0.434. The van der Waals surface area contributed by atoms with E-state index in [-0.39, 0.29) is 0 Å². The van der Waals surface area contributed by atoms with E-state index < -0.39 is 6.10 Å². The van der Waals surface area contributed by atoms with Crippen LogP contribution < -0.4 is 5.32 Å².